The molecule has 0 saturated heterocycles. The Bertz CT molecular complexity index is 979. The van der Waals surface area contributed by atoms with Crippen LogP contribution in [0, 0.1) is 19.8 Å². The van der Waals surface area contributed by atoms with E-state index in [2.05, 4.69) is 42.8 Å². The number of hydrogen-bond donors (Lipinski definition) is 1. The molecule has 3 aromatic rings. The van der Waals surface area contributed by atoms with E-state index in [0.29, 0.717) is 5.92 Å². The molecule has 29 heavy (non-hydrogen) atoms. The van der Waals surface area contributed by atoms with Gasteiger partial charge in [-0.05, 0) is 38.3 Å². The van der Waals surface area contributed by atoms with E-state index in [9.17, 15) is 4.79 Å². The molecule has 0 aliphatic heterocycles. The number of rotatable bonds is 7. The van der Waals surface area contributed by atoms with Gasteiger partial charge in [-0.1, -0.05) is 74.1 Å². The molecular formula is C24H29N3OS. The molecule has 152 valence electrons. The Labute approximate surface area is 177 Å². The van der Waals surface area contributed by atoms with Gasteiger partial charge in [0.25, 0.3) is 0 Å². The Balaban J connectivity index is 1.77. The van der Waals surface area contributed by atoms with Crippen molar-refractivity contribution in [3.05, 3.63) is 66.0 Å². The molecule has 1 N–H and O–H groups in total. The number of aryl methyl sites for hydroxylation is 1. The third kappa shape index (κ3) is 5.10. The number of amides is 1. The molecule has 1 heterocycles. The van der Waals surface area contributed by atoms with Gasteiger partial charge < -0.3 is 9.88 Å². The van der Waals surface area contributed by atoms with Crippen LogP contribution in [0.4, 0.5) is 5.69 Å². The molecule has 1 atom stereocenters. The van der Waals surface area contributed by atoms with Gasteiger partial charge in [-0.25, -0.2) is 4.98 Å². The molecular weight excluding hydrogens is 378 g/mol. The van der Waals surface area contributed by atoms with Crippen LogP contribution in [-0.2, 0) is 11.3 Å². The Hall–Kier alpha value is -2.53. The number of nitrogens with one attached hydrogen (secondary N) is 1. The summed E-state index contributed by atoms with van der Waals surface area (Å²) in [5.41, 5.74) is 5.13. The number of hydrogen-bond acceptors (Lipinski definition) is 3. The molecule has 1 aromatic heterocycles. The zero-order chi connectivity index (χ0) is 21.0. The first-order valence-electron chi connectivity index (χ1n) is 10.0. The normalized spacial score (nSPS) is 12.2. The molecule has 0 spiro atoms. The summed E-state index contributed by atoms with van der Waals surface area (Å²) in [6.45, 7) is 11.3. The van der Waals surface area contributed by atoms with E-state index in [1.165, 1.54) is 17.5 Å². The second-order valence-corrected chi connectivity index (χ2v) is 9.04. The van der Waals surface area contributed by atoms with Gasteiger partial charge in [0.05, 0.1) is 10.9 Å². The van der Waals surface area contributed by atoms with E-state index in [0.717, 1.165) is 34.2 Å². The van der Waals surface area contributed by atoms with Crippen molar-refractivity contribution in [3.63, 3.8) is 0 Å². The fraction of sp³-hybridized carbons (Fsp3) is 0.333. The first kappa shape index (κ1) is 21.2. The average Bonchev–Trinajstić information content (AvgIpc) is 2.96. The van der Waals surface area contributed by atoms with Crippen LogP contribution < -0.4 is 5.32 Å². The van der Waals surface area contributed by atoms with E-state index < -0.39 is 0 Å². The van der Waals surface area contributed by atoms with Crippen molar-refractivity contribution in [1.82, 2.24) is 9.55 Å². The molecule has 0 radical (unpaired) electrons. The molecule has 1 unspecified atom stereocenters. The molecule has 0 aliphatic rings. The molecule has 1 amide bonds. The van der Waals surface area contributed by atoms with Gasteiger partial charge in [-0.3, -0.25) is 4.79 Å². The minimum atomic E-state index is -0.258. The van der Waals surface area contributed by atoms with E-state index in [4.69, 9.17) is 4.98 Å². The highest BCUT2D eigenvalue weighted by atomic mass is 32.2. The molecule has 0 saturated carbocycles. The Morgan fingerprint density at radius 2 is 1.69 bits per heavy atom. The van der Waals surface area contributed by atoms with Crippen LogP contribution in [0.1, 0.15) is 32.2 Å². The predicted molar refractivity (Wildman–Crippen MR) is 122 cm³/mol. The van der Waals surface area contributed by atoms with Gasteiger partial charge >= 0.3 is 0 Å². The maximum Gasteiger partial charge on any atom is 0.237 e. The lowest BCUT2D eigenvalue weighted by Crippen LogP contribution is -2.23. The number of nitrogens with zero attached hydrogens (tertiary/aromatic N) is 2. The van der Waals surface area contributed by atoms with Crippen molar-refractivity contribution < 1.29 is 4.79 Å². The van der Waals surface area contributed by atoms with Gasteiger partial charge in [0.1, 0.15) is 0 Å². The monoisotopic (exact) mass is 407 g/mol. The van der Waals surface area contributed by atoms with Crippen LogP contribution in [0.15, 0.2) is 59.8 Å². The number of carbonyl (C=O) groups is 1. The second kappa shape index (κ2) is 9.31. The number of anilines is 1. The third-order valence-corrected chi connectivity index (χ3v) is 5.98. The third-order valence-electron chi connectivity index (χ3n) is 4.89. The van der Waals surface area contributed by atoms with E-state index in [1.54, 1.807) is 0 Å². The standard InChI is InChI=1S/C24H29N3OS/c1-16(2)15-27-18(4)17(3)25-24(27)29-19(5)23(28)26-22-14-10-9-13-21(22)20-11-7-6-8-12-20/h6-14,16,19H,15H2,1-5H3,(H,26,28). The summed E-state index contributed by atoms with van der Waals surface area (Å²) in [4.78, 5) is 17.7. The van der Waals surface area contributed by atoms with Crippen molar-refractivity contribution >= 4 is 23.4 Å². The smallest absolute Gasteiger partial charge is 0.237 e. The summed E-state index contributed by atoms with van der Waals surface area (Å²) in [5, 5.41) is 3.77. The quantitative estimate of drug-likeness (QED) is 0.493. The average molecular weight is 408 g/mol. The Morgan fingerprint density at radius 3 is 2.38 bits per heavy atom. The van der Waals surface area contributed by atoms with E-state index in [1.807, 2.05) is 56.3 Å². The molecule has 0 aliphatic carbocycles. The summed E-state index contributed by atoms with van der Waals surface area (Å²) in [6.07, 6.45) is 0. The minimum Gasteiger partial charge on any atom is -0.325 e. The molecule has 5 heteroatoms. The van der Waals surface area contributed by atoms with Crippen LogP contribution >= 0.6 is 11.8 Å². The first-order chi connectivity index (χ1) is 13.9. The Morgan fingerprint density at radius 1 is 1.03 bits per heavy atom. The number of benzene rings is 2. The number of aromatic nitrogens is 2. The lowest BCUT2D eigenvalue weighted by atomic mass is 10.0. The number of imidazole rings is 1. The van der Waals surface area contributed by atoms with E-state index >= 15 is 0 Å². The molecule has 0 fully saturated rings. The zero-order valence-corrected chi connectivity index (χ0v) is 18.6. The number of carbonyl (C=O) groups excluding carboxylic acids is 1. The van der Waals surface area contributed by atoms with Crippen molar-refractivity contribution in [2.45, 2.75) is 51.6 Å². The molecule has 0 bridgehead atoms. The summed E-state index contributed by atoms with van der Waals surface area (Å²) in [7, 11) is 0. The first-order valence-corrected chi connectivity index (χ1v) is 10.9. The minimum absolute atomic E-state index is 0.0206. The van der Waals surface area contributed by atoms with Crippen molar-refractivity contribution in [2.24, 2.45) is 5.92 Å². The summed E-state index contributed by atoms with van der Waals surface area (Å²) in [5.74, 6) is 0.497. The van der Waals surface area contributed by atoms with Gasteiger partial charge in [-0.15, -0.1) is 0 Å². The van der Waals surface area contributed by atoms with Crippen LogP contribution in [0.5, 0.6) is 0 Å². The maximum absolute atomic E-state index is 13.0. The molecule has 4 nitrogen and oxygen atoms in total. The second-order valence-electron chi connectivity index (χ2n) is 7.73. The fourth-order valence-electron chi connectivity index (χ4n) is 3.20. The number of thioether (sulfide) groups is 1. The van der Waals surface area contributed by atoms with Crippen LogP contribution in [0.2, 0.25) is 0 Å². The van der Waals surface area contributed by atoms with Crippen LogP contribution in [0.3, 0.4) is 0 Å². The van der Waals surface area contributed by atoms with Crippen molar-refractivity contribution in [3.8, 4) is 11.1 Å². The lowest BCUT2D eigenvalue weighted by Gasteiger charge is -2.16. The van der Waals surface area contributed by atoms with Crippen LogP contribution in [0.25, 0.3) is 11.1 Å². The lowest BCUT2D eigenvalue weighted by molar-refractivity contribution is -0.115. The van der Waals surface area contributed by atoms with Crippen LogP contribution in [-0.4, -0.2) is 20.7 Å². The zero-order valence-electron chi connectivity index (χ0n) is 17.8. The van der Waals surface area contributed by atoms with Gasteiger partial charge in [0.15, 0.2) is 5.16 Å². The summed E-state index contributed by atoms with van der Waals surface area (Å²) < 4.78 is 2.23. The van der Waals surface area contributed by atoms with Gasteiger partial charge in [0.2, 0.25) is 5.91 Å². The topological polar surface area (TPSA) is 46.9 Å². The van der Waals surface area contributed by atoms with Crippen molar-refractivity contribution in [2.75, 3.05) is 5.32 Å². The van der Waals surface area contributed by atoms with Gasteiger partial charge in [0, 0.05) is 23.5 Å². The maximum atomic E-state index is 13.0. The van der Waals surface area contributed by atoms with Crippen molar-refractivity contribution in [1.29, 1.82) is 0 Å². The molecule has 2 aromatic carbocycles. The SMILES string of the molecule is Cc1nc(SC(C)C(=O)Nc2ccccc2-c2ccccc2)n(CC(C)C)c1C. The molecule has 3 rings (SSSR count). The number of para-hydroxylation sites is 1. The largest absolute Gasteiger partial charge is 0.325 e. The summed E-state index contributed by atoms with van der Waals surface area (Å²) >= 11 is 1.52. The Kier molecular flexibility index (Phi) is 6.80. The summed E-state index contributed by atoms with van der Waals surface area (Å²) in [6, 6.07) is 18.0. The fourth-order valence-corrected chi connectivity index (χ4v) is 4.21. The highest BCUT2D eigenvalue weighted by Crippen LogP contribution is 2.30. The van der Waals surface area contributed by atoms with Gasteiger partial charge in [-0.2, -0.15) is 0 Å². The highest BCUT2D eigenvalue weighted by molar-refractivity contribution is 8.00. The highest BCUT2D eigenvalue weighted by Gasteiger charge is 2.21. The predicted octanol–water partition coefficient (Wildman–Crippen LogP) is 5.94. The van der Waals surface area contributed by atoms with E-state index in [-0.39, 0.29) is 11.2 Å².